The van der Waals surface area contributed by atoms with Crippen LogP contribution in [-0.2, 0) is 0 Å². The summed E-state index contributed by atoms with van der Waals surface area (Å²) in [6.45, 7) is 8.29. The Morgan fingerprint density at radius 1 is 1.29 bits per heavy atom. The van der Waals surface area contributed by atoms with E-state index in [9.17, 15) is 0 Å². The van der Waals surface area contributed by atoms with Crippen LogP contribution in [0.3, 0.4) is 0 Å². The molecule has 1 heteroatoms. The van der Waals surface area contributed by atoms with Gasteiger partial charge in [-0.05, 0) is 31.4 Å². The highest BCUT2D eigenvalue weighted by atomic mass is 14.5. The van der Waals surface area contributed by atoms with Gasteiger partial charge >= 0.3 is 0 Å². The molecule has 0 aliphatic rings. The van der Waals surface area contributed by atoms with Crippen LogP contribution in [0, 0.1) is 0 Å². The fourth-order valence-corrected chi connectivity index (χ4v) is 1.21. The molecule has 0 fully saturated rings. The Balaban J connectivity index is 3.83. The molecule has 0 amide bonds. The van der Waals surface area contributed by atoms with Gasteiger partial charge in [0.2, 0.25) is 0 Å². The van der Waals surface area contributed by atoms with Gasteiger partial charge in [-0.3, -0.25) is 0 Å². The third kappa shape index (κ3) is 7.66. The van der Waals surface area contributed by atoms with E-state index in [0.29, 0.717) is 0 Å². The van der Waals surface area contributed by atoms with Gasteiger partial charge < -0.3 is 5.73 Å². The molecule has 0 saturated carbocycles. The van der Waals surface area contributed by atoms with Gasteiger partial charge in [-0.2, -0.15) is 0 Å². The Kier molecular flexibility index (Phi) is 8.01. The maximum Gasteiger partial charge on any atom is 0.0313 e. The van der Waals surface area contributed by atoms with Gasteiger partial charge in [0.25, 0.3) is 0 Å². The molecule has 0 atom stereocenters. The second kappa shape index (κ2) is 8.61. The maximum atomic E-state index is 5.78. The molecule has 0 saturated heterocycles. The molecule has 1 nitrogen and oxygen atoms in total. The second-order valence-corrected chi connectivity index (χ2v) is 3.57. The summed E-state index contributed by atoms with van der Waals surface area (Å²) >= 11 is 0. The van der Waals surface area contributed by atoms with Crippen molar-refractivity contribution in [2.24, 2.45) is 5.73 Å². The normalized spacial score (nSPS) is 12.3. The first kappa shape index (κ1) is 13.0. The standard InChI is InChI=1S/C13H23N/c1-4-6-8-9-12(3)11-13(14)10-7-5-2/h7,10-11H,3-6,8-9,14H2,1-2H3/b10-7-,13-11+. The van der Waals surface area contributed by atoms with Crippen molar-refractivity contribution >= 4 is 0 Å². The van der Waals surface area contributed by atoms with Crippen LogP contribution in [0.2, 0.25) is 0 Å². The minimum absolute atomic E-state index is 0.813. The van der Waals surface area contributed by atoms with Crippen LogP contribution in [0.25, 0.3) is 0 Å². The first-order valence-electron chi connectivity index (χ1n) is 5.52. The minimum atomic E-state index is 0.813. The van der Waals surface area contributed by atoms with Crippen molar-refractivity contribution in [3.05, 3.63) is 36.1 Å². The lowest BCUT2D eigenvalue weighted by molar-refractivity contribution is 0.720. The van der Waals surface area contributed by atoms with Crippen LogP contribution in [0.4, 0.5) is 0 Å². The summed E-state index contributed by atoms with van der Waals surface area (Å²) in [5.74, 6) is 0. The van der Waals surface area contributed by atoms with Gasteiger partial charge in [0.05, 0.1) is 0 Å². The molecule has 0 aliphatic heterocycles. The average Bonchev–Trinajstić information content (AvgIpc) is 2.15. The van der Waals surface area contributed by atoms with Crippen LogP contribution in [-0.4, -0.2) is 0 Å². The Morgan fingerprint density at radius 2 is 2.00 bits per heavy atom. The van der Waals surface area contributed by atoms with Crippen molar-refractivity contribution in [2.75, 3.05) is 0 Å². The highest BCUT2D eigenvalue weighted by molar-refractivity contribution is 5.25. The SMILES string of the molecule is C=C(/C=C(N)\C=C/CC)CCCCC. The molecule has 0 aromatic rings. The van der Waals surface area contributed by atoms with E-state index >= 15 is 0 Å². The number of unbranched alkanes of at least 4 members (excludes halogenated alkanes) is 2. The smallest absolute Gasteiger partial charge is 0.0313 e. The average molecular weight is 193 g/mol. The molecule has 0 aliphatic carbocycles. The number of rotatable bonds is 7. The molecule has 0 aromatic heterocycles. The highest BCUT2D eigenvalue weighted by Gasteiger charge is 1.91. The first-order valence-corrected chi connectivity index (χ1v) is 5.52. The molecular weight excluding hydrogens is 170 g/mol. The zero-order valence-corrected chi connectivity index (χ0v) is 9.55. The van der Waals surface area contributed by atoms with Gasteiger partial charge in [0, 0.05) is 5.70 Å². The van der Waals surface area contributed by atoms with Crippen molar-refractivity contribution in [3.8, 4) is 0 Å². The van der Waals surface area contributed by atoms with E-state index in [1.807, 2.05) is 12.2 Å². The summed E-state index contributed by atoms with van der Waals surface area (Å²) in [5, 5.41) is 0. The molecule has 0 aromatic carbocycles. The van der Waals surface area contributed by atoms with Crippen LogP contribution in [0.5, 0.6) is 0 Å². The largest absolute Gasteiger partial charge is 0.399 e. The topological polar surface area (TPSA) is 26.0 Å². The predicted molar refractivity (Wildman–Crippen MR) is 65.0 cm³/mol. The zero-order chi connectivity index (χ0) is 10.8. The van der Waals surface area contributed by atoms with E-state index in [0.717, 1.165) is 24.1 Å². The number of allylic oxidation sites excluding steroid dienone is 4. The first-order chi connectivity index (χ1) is 6.70. The fourth-order valence-electron chi connectivity index (χ4n) is 1.21. The van der Waals surface area contributed by atoms with Crippen LogP contribution in [0.15, 0.2) is 36.1 Å². The summed E-state index contributed by atoms with van der Waals surface area (Å²) in [6, 6.07) is 0. The lowest BCUT2D eigenvalue weighted by Gasteiger charge is -2.00. The summed E-state index contributed by atoms with van der Waals surface area (Å²) in [6.07, 6.45) is 11.8. The summed E-state index contributed by atoms with van der Waals surface area (Å²) in [4.78, 5) is 0. The number of hydrogen-bond acceptors (Lipinski definition) is 1. The van der Waals surface area contributed by atoms with E-state index in [-0.39, 0.29) is 0 Å². The molecule has 0 spiro atoms. The Hall–Kier alpha value is -0.980. The molecule has 0 heterocycles. The Morgan fingerprint density at radius 3 is 2.57 bits per heavy atom. The van der Waals surface area contributed by atoms with E-state index < -0.39 is 0 Å². The molecule has 0 radical (unpaired) electrons. The lowest BCUT2D eigenvalue weighted by Crippen LogP contribution is -1.93. The van der Waals surface area contributed by atoms with E-state index in [4.69, 9.17) is 5.73 Å². The monoisotopic (exact) mass is 193 g/mol. The molecular formula is C13H23N. The third-order valence-electron chi connectivity index (χ3n) is 2.02. The van der Waals surface area contributed by atoms with Gasteiger partial charge in [0.15, 0.2) is 0 Å². The van der Waals surface area contributed by atoms with Crippen molar-refractivity contribution in [1.82, 2.24) is 0 Å². The van der Waals surface area contributed by atoms with Crippen molar-refractivity contribution < 1.29 is 0 Å². The molecule has 0 unspecified atom stereocenters. The molecule has 14 heavy (non-hydrogen) atoms. The van der Waals surface area contributed by atoms with Gasteiger partial charge in [-0.25, -0.2) is 0 Å². The quantitative estimate of drug-likeness (QED) is 0.481. The maximum absolute atomic E-state index is 5.78. The van der Waals surface area contributed by atoms with Gasteiger partial charge in [-0.15, -0.1) is 0 Å². The summed E-state index contributed by atoms with van der Waals surface area (Å²) in [5.41, 5.74) is 7.73. The number of nitrogens with two attached hydrogens (primary N) is 1. The van der Waals surface area contributed by atoms with Gasteiger partial charge in [-0.1, -0.05) is 44.9 Å². The van der Waals surface area contributed by atoms with E-state index in [1.165, 1.54) is 19.3 Å². The molecule has 80 valence electrons. The minimum Gasteiger partial charge on any atom is -0.399 e. The summed E-state index contributed by atoms with van der Waals surface area (Å²) < 4.78 is 0. The third-order valence-corrected chi connectivity index (χ3v) is 2.02. The lowest BCUT2D eigenvalue weighted by atomic mass is 10.1. The molecule has 2 N–H and O–H groups in total. The zero-order valence-electron chi connectivity index (χ0n) is 9.55. The van der Waals surface area contributed by atoms with Crippen molar-refractivity contribution in [1.29, 1.82) is 0 Å². The molecule has 0 rings (SSSR count). The highest BCUT2D eigenvalue weighted by Crippen LogP contribution is 2.09. The molecule has 0 bridgehead atoms. The van der Waals surface area contributed by atoms with Crippen LogP contribution >= 0.6 is 0 Å². The second-order valence-electron chi connectivity index (χ2n) is 3.57. The van der Waals surface area contributed by atoms with Crippen LogP contribution in [0.1, 0.15) is 46.0 Å². The van der Waals surface area contributed by atoms with E-state index in [2.05, 4.69) is 26.5 Å². The van der Waals surface area contributed by atoms with E-state index in [1.54, 1.807) is 0 Å². The Labute approximate surface area is 88.4 Å². The van der Waals surface area contributed by atoms with Crippen molar-refractivity contribution in [3.63, 3.8) is 0 Å². The number of hydrogen-bond donors (Lipinski definition) is 1. The van der Waals surface area contributed by atoms with Gasteiger partial charge in [0.1, 0.15) is 0 Å². The fraction of sp³-hybridized carbons (Fsp3) is 0.538. The predicted octanol–water partition coefficient (Wildman–Crippen LogP) is 3.93. The van der Waals surface area contributed by atoms with Crippen LogP contribution < -0.4 is 5.73 Å². The van der Waals surface area contributed by atoms with Crippen molar-refractivity contribution in [2.45, 2.75) is 46.0 Å². The summed E-state index contributed by atoms with van der Waals surface area (Å²) in [7, 11) is 0. The Bertz CT molecular complexity index is 211.